The fourth-order valence-corrected chi connectivity index (χ4v) is 4.17. The van der Waals surface area contributed by atoms with Crippen molar-refractivity contribution in [2.75, 3.05) is 32.2 Å². The summed E-state index contributed by atoms with van der Waals surface area (Å²) in [6.45, 7) is 5.00. The third-order valence-electron chi connectivity index (χ3n) is 5.49. The van der Waals surface area contributed by atoms with Crippen molar-refractivity contribution in [3.8, 4) is 11.5 Å². The number of rotatable bonds is 5. The quantitative estimate of drug-likeness (QED) is 0.690. The Morgan fingerprint density at radius 1 is 0.871 bits per heavy atom. The highest BCUT2D eigenvalue weighted by Crippen LogP contribution is 2.37. The number of morpholine rings is 1. The minimum absolute atomic E-state index is 0.0536. The van der Waals surface area contributed by atoms with Crippen LogP contribution in [0.4, 0.5) is 5.69 Å². The number of benzene rings is 2. The molecule has 162 valence electrons. The molecule has 1 fully saturated rings. The van der Waals surface area contributed by atoms with Gasteiger partial charge in [-0.3, -0.25) is 9.59 Å². The van der Waals surface area contributed by atoms with Gasteiger partial charge in [0.1, 0.15) is 17.2 Å². The Labute approximate surface area is 181 Å². The Balaban J connectivity index is 1.82. The van der Waals surface area contributed by atoms with E-state index in [0.717, 1.165) is 0 Å². The molecule has 1 saturated heterocycles. The molecular formula is C24H26N2O5. The van der Waals surface area contributed by atoms with Gasteiger partial charge in [-0.1, -0.05) is 18.2 Å². The number of hydrogen-bond donors (Lipinski definition) is 0. The first kappa shape index (κ1) is 20.9. The Morgan fingerprint density at radius 3 is 2.13 bits per heavy atom. The zero-order valence-corrected chi connectivity index (χ0v) is 18.1. The zero-order valence-electron chi connectivity index (χ0n) is 18.1. The van der Waals surface area contributed by atoms with E-state index in [1.54, 1.807) is 50.6 Å². The van der Waals surface area contributed by atoms with E-state index in [2.05, 4.69) is 0 Å². The number of amides is 2. The molecule has 4 rings (SSSR count). The predicted molar refractivity (Wildman–Crippen MR) is 117 cm³/mol. The van der Waals surface area contributed by atoms with E-state index in [1.165, 1.54) is 4.90 Å². The van der Waals surface area contributed by atoms with Crippen molar-refractivity contribution in [3.05, 3.63) is 59.8 Å². The van der Waals surface area contributed by atoms with Gasteiger partial charge in [0.05, 0.1) is 37.7 Å². The maximum absolute atomic E-state index is 13.6. The van der Waals surface area contributed by atoms with E-state index in [-0.39, 0.29) is 24.0 Å². The lowest BCUT2D eigenvalue weighted by Gasteiger charge is -2.37. The van der Waals surface area contributed by atoms with E-state index < -0.39 is 0 Å². The van der Waals surface area contributed by atoms with Crippen LogP contribution >= 0.6 is 0 Å². The second kappa shape index (κ2) is 8.43. The fourth-order valence-electron chi connectivity index (χ4n) is 4.17. The van der Waals surface area contributed by atoms with Gasteiger partial charge in [0.15, 0.2) is 0 Å². The maximum Gasteiger partial charge on any atom is 0.282 e. The first-order valence-corrected chi connectivity index (χ1v) is 10.2. The number of methoxy groups -OCH3 is 2. The second-order valence-corrected chi connectivity index (χ2v) is 7.76. The zero-order chi connectivity index (χ0) is 22.1. The summed E-state index contributed by atoms with van der Waals surface area (Å²) in [5.74, 6) is 0.558. The lowest BCUT2D eigenvalue weighted by atomic mass is 10.0. The summed E-state index contributed by atoms with van der Waals surface area (Å²) in [5, 5.41) is 0. The summed E-state index contributed by atoms with van der Waals surface area (Å²) in [5.41, 5.74) is 1.94. The fraction of sp³-hybridized carbons (Fsp3) is 0.333. The first-order valence-electron chi connectivity index (χ1n) is 10.2. The van der Waals surface area contributed by atoms with Gasteiger partial charge < -0.3 is 19.1 Å². The van der Waals surface area contributed by atoms with Gasteiger partial charge in [-0.15, -0.1) is 0 Å². The van der Waals surface area contributed by atoms with Crippen LogP contribution in [0.25, 0.3) is 5.57 Å². The summed E-state index contributed by atoms with van der Waals surface area (Å²) >= 11 is 0. The molecule has 2 amide bonds. The predicted octanol–water partition coefficient (Wildman–Crippen LogP) is 3.10. The van der Waals surface area contributed by atoms with Crippen molar-refractivity contribution in [2.24, 2.45) is 0 Å². The number of carbonyl (C=O) groups is 2. The standard InChI is InChI=1S/C24H26N2O5/c1-15-13-25(14-16(2)31-15)22-21(17-8-10-19(29-3)11-9-17)23(27)26(24(22)28)18-6-5-7-20(12-18)30-4/h5-12,15-16H,13-14H2,1-4H3. The van der Waals surface area contributed by atoms with Crippen LogP contribution in [0.1, 0.15) is 19.4 Å². The first-order chi connectivity index (χ1) is 14.9. The molecule has 2 unspecified atom stereocenters. The molecule has 7 nitrogen and oxygen atoms in total. The monoisotopic (exact) mass is 422 g/mol. The molecule has 0 N–H and O–H groups in total. The van der Waals surface area contributed by atoms with Gasteiger partial charge >= 0.3 is 0 Å². The summed E-state index contributed by atoms with van der Waals surface area (Å²) in [6, 6.07) is 14.2. The van der Waals surface area contributed by atoms with Crippen molar-refractivity contribution in [3.63, 3.8) is 0 Å². The molecule has 7 heteroatoms. The van der Waals surface area contributed by atoms with Gasteiger partial charge in [0, 0.05) is 19.2 Å². The summed E-state index contributed by atoms with van der Waals surface area (Å²) < 4.78 is 16.4. The minimum Gasteiger partial charge on any atom is -0.497 e. The summed E-state index contributed by atoms with van der Waals surface area (Å²) in [7, 11) is 3.14. The molecule has 0 aromatic heterocycles. The average Bonchev–Trinajstić information content (AvgIpc) is 3.03. The number of ether oxygens (including phenoxy) is 3. The largest absolute Gasteiger partial charge is 0.497 e. The van der Waals surface area contributed by atoms with E-state index in [4.69, 9.17) is 14.2 Å². The third kappa shape index (κ3) is 3.88. The van der Waals surface area contributed by atoms with Gasteiger partial charge in [0.25, 0.3) is 11.8 Å². The highest BCUT2D eigenvalue weighted by Gasteiger charge is 2.44. The SMILES string of the molecule is COc1ccc(C2=C(N3CC(C)OC(C)C3)C(=O)N(c3cccc(OC)c3)C2=O)cc1. The molecule has 0 spiro atoms. The van der Waals surface area contributed by atoms with Crippen LogP contribution in [0.2, 0.25) is 0 Å². The van der Waals surface area contributed by atoms with E-state index in [9.17, 15) is 9.59 Å². The molecule has 2 atom stereocenters. The average molecular weight is 422 g/mol. The molecule has 0 saturated carbocycles. The highest BCUT2D eigenvalue weighted by atomic mass is 16.5. The van der Waals surface area contributed by atoms with Crippen molar-refractivity contribution < 1.29 is 23.8 Å². The van der Waals surface area contributed by atoms with Crippen LogP contribution < -0.4 is 14.4 Å². The molecular weight excluding hydrogens is 396 g/mol. The van der Waals surface area contributed by atoms with E-state index in [1.807, 2.05) is 30.9 Å². The molecule has 0 bridgehead atoms. The Bertz CT molecular complexity index is 1020. The molecule has 2 aliphatic heterocycles. The molecule has 2 aliphatic rings. The number of imide groups is 1. The molecule has 2 aromatic rings. The summed E-state index contributed by atoms with van der Waals surface area (Å²) in [4.78, 5) is 30.4. The lowest BCUT2D eigenvalue weighted by Crippen LogP contribution is -2.47. The minimum atomic E-state index is -0.356. The number of hydrogen-bond acceptors (Lipinski definition) is 6. The van der Waals surface area contributed by atoms with Gasteiger partial charge in [-0.25, -0.2) is 4.90 Å². The van der Waals surface area contributed by atoms with Crippen molar-refractivity contribution in [2.45, 2.75) is 26.1 Å². The second-order valence-electron chi connectivity index (χ2n) is 7.76. The molecule has 31 heavy (non-hydrogen) atoms. The van der Waals surface area contributed by atoms with Gasteiger partial charge in [-0.2, -0.15) is 0 Å². The third-order valence-corrected chi connectivity index (χ3v) is 5.49. The summed E-state index contributed by atoms with van der Waals surface area (Å²) in [6.07, 6.45) is -0.107. The van der Waals surface area contributed by atoms with Crippen LogP contribution in [0.15, 0.2) is 54.2 Å². The Hall–Kier alpha value is -3.32. The molecule has 2 heterocycles. The van der Waals surface area contributed by atoms with Gasteiger partial charge in [-0.05, 0) is 43.7 Å². The Morgan fingerprint density at radius 2 is 1.52 bits per heavy atom. The van der Waals surface area contributed by atoms with Crippen LogP contribution in [0, 0.1) is 0 Å². The van der Waals surface area contributed by atoms with Crippen molar-refractivity contribution in [1.29, 1.82) is 0 Å². The topological polar surface area (TPSA) is 68.3 Å². The molecule has 0 radical (unpaired) electrons. The molecule has 0 aliphatic carbocycles. The smallest absolute Gasteiger partial charge is 0.282 e. The lowest BCUT2D eigenvalue weighted by molar-refractivity contribution is -0.121. The van der Waals surface area contributed by atoms with Crippen LogP contribution in [0.3, 0.4) is 0 Å². The van der Waals surface area contributed by atoms with Crippen molar-refractivity contribution >= 4 is 23.1 Å². The van der Waals surface area contributed by atoms with Crippen LogP contribution in [-0.2, 0) is 14.3 Å². The van der Waals surface area contributed by atoms with E-state index >= 15 is 0 Å². The van der Waals surface area contributed by atoms with Crippen LogP contribution in [0.5, 0.6) is 11.5 Å². The normalized spacial score (nSPS) is 21.7. The number of carbonyl (C=O) groups excluding carboxylic acids is 2. The Kier molecular flexibility index (Phi) is 5.69. The van der Waals surface area contributed by atoms with E-state index in [0.29, 0.717) is 47.1 Å². The number of anilines is 1. The molecule has 2 aromatic carbocycles. The van der Waals surface area contributed by atoms with Crippen LogP contribution in [-0.4, -0.2) is 56.2 Å². The maximum atomic E-state index is 13.6. The highest BCUT2D eigenvalue weighted by molar-refractivity contribution is 6.45. The van der Waals surface area contributed by atoms with Crippen molar-refractivity contribution in [1.82, 2.24) is 4.90 Å². The van der Waals surface area contributed by atoms with Gasteiger partial charge in [0.2, 0.25) is 0 Å². The number of nitrogens with zero attached hydrogens (tertiary/aromatic N) is 2.